The molecule has 3 aliphatic heterocycles. The number of ether oxygens (including phenoxy) is 1. The fraction of sp³-hybridized carbons (Fsp3) is 1.00. The van der Waals surface area contributed by atoms with Crippen LogP contribution in [-0.4, -0.2) is 66.6 Å². The molecule has 2 atom stereocenters. The smallest absolute Gasteiger partial charge is 0.0472 e. The van der Waals surface area contributed by atoms with E-state index in [1.54, 1.807) is 0 Å². The standard InChI is InChI=1S/C16H29BrN2O/c1-14-10-18-7-3-2-4-15(18)11-19(14)13-16(12-17)5-8-20-9-6-16/h14-15H,2-13H2,1H3. The Balaban J connectivity index is 1.63. The first-order valence-corrected chi connectivity index (χ1v) is 9.46. The van der Waals surface area contributed by atoms with E-state index in [2.05, 4.69) is 32.7 Å². The molecule has 3 saturated heterocycles. The van der Waals surface area contributed by atoms with Gasteiger partial charge in [-0.05, 0) is 44.6 Å². The molecule has 4 heteroatoms. The zero-order chi connectivity index (χ0) is 14.0. The second-order valence-corrected chi connectivity index (χ2v) is 7.73. The van der Waals surface area contributed by atoms with Gasteiger partial charge in [-0.25, -0.2) is 0 Å². The number of hydrogen-bond acceptors (Lipinski definition) is 3. The van der Waals surface area contributed by atoms with E-state index in [-0.39, 0.29) is 0 Å². The van der Waals surface area contributed by atoms with Crippen molar-refractivity contribution in [2.45, 2.75) is 51.1 Å². The van der Waals surface area contributed by atoms with E-state index in [1.807, 2.05) is 0 Å². The second kappa shape index (κ2) is 6.64. The molecule has 0 N–H and O–H groups in total. The van der Waals surface area contributed by atoms with Gasteiger partial charge in [0.2, 0.25) is 0 Å². The van der Waals surface area contributed by atoms with Crippen LogP contribution in [0.3, 0.4) is 0 Å². The fourth-order valence-corrected chi connectivity index (χ4v) is 4.94. The molecular weight excluding hydrogens is 316 g/mol. The summed E-state index contributed by atoms with van der Waals surface area (Å²) in [6, 6.07) is 1.54. The van der Waals surface area contributed by atoms with Gasteiger partial charge in [0.25, 0.3) is 0 Å². The van der Waals surface area contributed by atoms with Crippen LogP contribution in [0.15, 0.2) is 0 Å². The van der Waals surface area contributed by atoms with Crippen LogP contribution < -0.4 is 0 Å². The van der Waals surface area contributed by atoms with Gasteiger partial charge in [0.1, 0.15) is 0 Å². The van der Waals surface area contributed by atoms with Gasteiger partial charge in [-0.15, -0.1) is 0 Å². The number of halogens is 1. The number of nitrogens with zero attached hydrogens (tertiary/aromatic N) is 2. The fourth-order valence-electron chi connectivity index (χ4n) is 4.20. The lowest BCUT2D eigenvalue weighted by atomic mass is 9.81. The Morgan fingerprint density at radius 2 is 2.00 bits per heavy atom. The molecule has 116 valence electrons. The molecule has 0 spiro atoms. The van der Waals surface area contributed by atoms with Crippen LogP contribution in [0, 0.1) is 5.41 Å². The lowest BCUT2D eigenvalue weighted by Gasteiger charge is -2.50. The van der Waals surface area contributed by atoms with Gasteiger partial charge in [0.15, 0.2) is 0 Å². The average Bonchev–Trinajstić information content (AvgIpc) is 2.49. The maximum absolute atomic E-state index is 5.58. The molecule has 0 aromatic carbocycles. The molecule has 3 nitrogen and oxygen atoms in total. The lowest BCUT2D eigenvalue weighted by molar-refractivity contribution is -0.0343. The van der Waals surface area contributed by atoms with Crippen molar-refractivity contribution in [1.29, 1.82) is 0 Å². The van der Waals surface area contributed by atoms with E-state index in [0.29, 0.717) is 11.5 Å². The Bertz CT molecular complexity index is 320. The van der Waals surface area contributed by atoms with Crippen LogP contribution >= 0.6 is 15.9 Å². The van der Waals surface area contributed by atoms with Crippen molar-refractivity contribution in [3.63, 3.8) is 0 Å². The zero-order valence-corrected chi connectivity index (χ0v) is 14.4. The lowest BCUT2D eigenvalue weighted by Crippen LogP contribution is -2.60. The van der Waals surface area contributed by atoms with Crippen molar-refractivity contribution in [1.82, 2.24) is 9.80 Å². The third-order valence-corrected chi connectivity index (χ3v) is 6.88. The SMILES string of the molecule is CC1CN2CCCCC2CN1CC1(CBr)CCOCC1. The first kappa shape index (κ1) is 15.3. The van der Waals surface area contributed by atoms with Crippen molar-refractivity contribution in [2.75, 3.05) is 44.7 Å². The molecule has 3 heterocycles. The summed E-state index contributed by atoms with van der Waals surface area (Å²) in [4.78, 5) is 5.52. The van der Waals surface area contributed by atoms with Gasteiger partial charge < -0.3 is 4.74 Å². The van der Waals surface area contributed by atoms with E-state index in [4.69, 9.17) is 4.74 Å². The van der Waals surface area contributed by atoms with E-state index >= 15 is 0 Å². The highest BCUT2D eigenvalue weighted by Crippen LogP contribution is 2.35. The molecule has 0 radical (unpaired) electrons. The van der Waals surface area contributed by atoms with Gasteiger partial charge >= 0.3 is 0 Å². The number of piperazine rings is 1. The number of rotatable bonds is 3. The molecular formula is C16H29BrN2O. The largest absolute Gasteiger partial charge is 0.381 e. The Morgan fingerprint density at radius 1 is 1.20 bits per heavy atom. The highest BCUT2D eigenvalue weighted by atomic mass is 79.9. The Hall–Kier alpha value is 0.360. The molecule has 0 aromatic heterocycles. The average molecular weight is 345 g/mol. The van der Waals surface area contributed by atoms with Gasteiger partial charge in [-0.2, -0.15) is 0 Å². The maximum atomic E-state index is 5.58. The van der Waals surface area contributed by atoms with E-state index in [9.17, 15) is 0 Å². The van der Waals surface area contributed by atoms with Crippen molar-refractivity contribution in [2.24, 2.45) is 5.41 Å². The predicted molar refractivity (Wildman–Crippen MR) is 86.5 cm³/mol. The summed E-state index contributed by atoms with van der Waals surface area (Å²) in [5.74, 6) is 0. The number of piperidine rings is 1. The van der Waals surface area contributed by atoms with Gasteiger partial charge in [-0.3, -0.25) is 9.80 Å². The van der Waals surface area contributed by atoms with Crippen molar-refractivity contribution < 1.29 is 4.74 Å². The van der Waals surface area contributed by atoms with Crippen LogP contribution in [0.25, 0.3) is 0 Å². The third-order valence-electron chi connectivity index (χ3n) is 5.69. The summed E-state index contributed by atoms with van der Waals surface area (Å²) >= 11 is 3.79. The Morgan fingerprint density at radius 3 is 2.75 bits per heavy atom. The highest BCUT2D eigenvalue weighted by molar-refractivity contribution is 9.09. The van der Waals surface area contributed by atoms with Crippen LogP contribution in [0.2, 0.25) is 0 Å². The molecule has 2 unspecified atom stereocenters. The summed E-state index contributed by atoms with van der Waals surface area (Å²) in [5, 5.41) is 1.13. The van der Waals surface area contributed by atoms with E-state index < -0.39 is 0 Å². The molecule has 0 aliphatic carbocycles. The van der Waals surface area contributed by atoms with Gasteiger partial charge in [0.05, 0.1) is 0 Å². The Labute approximate surface area is 132 Å². The molecule has 0 bridgehead atoms. The van der Waals surface area contributed by atoms with E-state index in [1.165, 1.54) is 58.3 Å². The molecule has 0 aromatic rings. The zero-order valence-electron chi connectivity index (χ0n) is 12.8. The van der Waals surface area contributed by atoms with Crippen molar-refractivity contribution in [3.8, 4) is 0 Å². The minimum absolute atomic E-state index is 0.448. The first-order chi connectivity index (χ1) is 9.72. The van der Waals surface area contributed by atoms with Crippen molar-refractivity contribution >= 4 is 15.9 Å². The third kappa shape index (κ3) is 3.23. The summed E-state index contributed by atoms with van der Waals surface area (Å²) < 4.78 is 5.58. The highest BCUT2D eigenvalue weighted by Gasteiger charge is 2.39. The number of fused-ring (bicyclic) bond motifs is 1. The quantitative estimate of drug-likeness (QED) is 0.732. The maximum Gasteiger partial charge on any atom is 0.0472 e. The van der Waals surface area contributed by atoms with Crippen LogP contribution in [0.5, 0.6) is 0 Å². The topological polar surface area (TPSA) is 15.7 Å². The summed E-state index contributed by atoms with van der Waals surface area (Å²) in [7, 11) is 0. The van der Waals surface area contributed by atoms with Crippen molar-refractivity contribution in [3.05, 3.63) is 0 Å². The van der Waals surface area contributed by atoms with Crippen LogP contribution in [-0.2, 0) is 4.74 Å². The van der Waals surface area contributed by atoms with Gasteiger partial charge in [0, 0.05) is 50.3 Å². The normalized spacial score (nSPS) is 35.7. The molecule has 0 saturated carbocycles. The second-order valence-electron chi connectivity index (χ2n) is 7.17. The molecule has 0 amide bonds. The number of alkyl halides is 1. The molecule has 3 fully saturated rings. The molecule has 3 aliphatic rings. The first-order valence-electron chi connectivity index (χ1n) is 8.34. The summed E-state index contributed by atoms with van der Waals surface area (Å²) in [6.45, 7) is 9.47. The molecule has 20 heavy (non-hydrogen) atoms. The molecule has 3 rings (SSSR count). The summed E-state index contributed by atoms with van der Waals surface area (Å²) in [5.41, 5.74) is 0.448. The van der Waals surface area contributed by atoms with E-state index in [0.717, 1.165) is 24.6 Å². The van der Waals surface area contributed by atoms with Crippen LogP contribution in [0.1, 0.15) is 39.0 Å². The predicted octanol–water partition coefficient (Wildman–Crippen LogP) is 2.74. The monoisotopic (exact) mass is 344 g/mol. The minimum Gasteiger partial charge on any atom is -0.381 e. The minimum atomic E-state index is 0.448. The van der Waals surface area contributed by atoms with Crippen LogP contribution in [0.4, 0.5) is 0 Å². The number of hydrogen-bond donors (Lipinski definition) is 0. The Kier molecular flexibility index (Phi) is 5.06. The summed E-state index contributed by atoms with van der Waals surface area (Å²) in [6.07, 6.45) is 6.69. The van der Waals surface area contributed by atoms with Gasteiger partial charge in [-0.1, -0.05) is 22.4 Å².